The fourth-order valence-corrected chi connectivity index (χ4v) is 6.01. The largest absolute Gasteiger partial charge is 0.501 e. The number of aromatic nitrogens is 2. The zero-order chi connectivity index (χ0) is 30.6. The number of nitrogens with one attached hydrogen (secondary N) is 3. The lowest BCUT2D eigenvalue weighted by molar-refractivity contribution is -0.117. The van der Waals surface area contributed by atoms with Crippen LogP contribution in [0.25, 0.3) is 11.0 Å². The van der Waals surface area contributed by atoms with E-state index in [1.165, 1.54) is 12.1 Å². The standard InChI is InChI=1S/C30H37N7O5S/c1-30(42-4)18-22(16-23(19-30)41-3)32-28-29(34-26-11-6-5-10-25(26)33-28)35-43(39,40)24-9-7-8-21(17-24)31-27(38)20-37-14-12-36(2)13-15-37/h5-11,16-18H,12-15,19-20H2,1-4H3,(H,31,38)(H,32,33)(H,34,35). The normalized spacial score (nSPS) is 19.8. The Bertz CT molecular complexity index is 1670. The first-order chi connectivity index (χ1) is 20.6. The summed E-state index contributed by atoms with van der Waals surface area (Å²) in [5.74, 6) is 0.710. The molecule has 43 heavy (non-hydrogen) atoms. The van der Waals surface area contributed by atoms with Crippen LogP contribution in [0.4, 0.5) is 17.3 Å². The van der Waals surface area contributed by atoms with Crippen molar-refractivity contribution >= 4 is 44.3 Å². The molecule has 1 atom stereocenters. The van der Waals surface area contributed by atoms with Gasteiger partial charge < -0.3 is 25.0 Å². The summed E-state index contributed by atoms with van der Waals surface area (Å²) in [5, 5.41) is 6.03. The van der Waals surface area contributed by atoms with Crippen molar-refractivity contribution in [1.29, 1.82) is 0 Å². The number of hydrogen-bond acceptors (Lipinski definition) is 10. The van der Waals surface area contributed by atoms with E-state index in [0.717, 1.165) is 26.2 Å². The Morgan fingerprint density at radius 1 is 1.00 bits per heavy atom. The monoisotopic (exact) mass is 607 g/mol. The number of piperazine rings is 1. The number of ether oxygens (including phenoxy) is 2. The molecule has 1 aliphatic carbocycles. The van der Waals surface area contributed by atoms with E-state index in [-0.39, 0.29) is 29.0 Å². The Morgan fingerprint density at radius 3 is 2.37 bits per heavy atom. The van der Waals surface area contributed by atoms with Crippen LogP contribution in [-0.2, 0) is 24.3 Å². The number of amides is 1. The topological polar surface area (TPSA) is 138 Å². The minimum atomic E-state index is -4.12. The Kier molecular flexibility index (Phi) is 8.97. The van der Waals surface area contributed by atoms with Crippen molar-refractivity contribution in [2.75, 3.05) is 69.3 Å². The van der Waals surface area contributed by atoms with Gasteiger partial charge in [-0.15, -0.1) is 0 Å². The van der Waals surface area contributed by atoms with Crippen LogP contribution in [0.3, 0.4) is 0 Å². The summed E-state index contributed by atoms with van der Waals surface area (Å²) in [5.41, 5.74) is 1.46. The van der Waals surface area contributed by atoms with Gasteiger partial charge in [-0.1, -0.05) is 18.2 Å². The van der Waals surface area contributed by atoms with Gasteiger partial charge in [0.25, 0.3) is 10.0 Å². The summed E-state index contributed by atoms with van der Waals surface area (Å²) in [4.78, 5) is 26.2. The van der Waals surface area contributed by atoms with Crippen LogP contribution in [0.1, 0.15) is 13.3 Å². The molecule has 0 spiro atoms. The van der Waals surface area contributed by atoms with Gasteiger partial charge in [-0.2, -0.15) is 0 Å². The molecule has 1 aliphatic heterocycles. The van der Waals surface area contributed by atoms with Gasteiger partial charge in [-0.3, -0.25) is 14.4 Å². The number of likely N-dealkylation sites (N-methyl/N-ethyl adjacent to an activating group) is 1. The van der Waals surface area contributed by atoms with Gasteiger partial charge in [-0.05, 0) is 56.5 Å². The van der Waals surface area contributed by atoms with E-state index in [2.05, 4.69) is 42.2 Å². The highest BCUT2D eigenvalue weighted by Crippen LogP contribution is 2.32. The van der Waals surface area contributed by atoms with Gasteiger partial charge in [0.15, 0.2) is 11.6 Å². The molecule has 13 heteroatoms. The molecule has 3 N–H and O–H groups in total. The summed E-state index contributed by atoms with van der Waals surface area (Å²) in [6, 6.07) is 13.3. The number of hydrogen-bond donors (Lipinski definition) is 3. The Hall–Kier alpha value is -4.04. The minimum Gasteiger partial charge on any atom is -0.501 e. The molecule has 1 amide bonds. The van der Waals surface area contributed by atoms with Crippen LogP contribution in [0, 0.1) is 0 Å². The second-order valence-corrected chi connectivity index (χ2v) is 12.6. The summed E-state index contributed by atoms with van der Waals surface area (Å²) in [6.07, 6.45) is 4.24. The van der Waals surface area contributed by atoms with E-state index in [1.807, 2.05) is 25.1 Å². The van der Waals surface area contributed by atoms with Crippen molar-refractivity contribution in [3.63, 3.8) is 0 Å². The number of carbonyl (C=O) groups excluding carboxylic acids is 1. The average Bonchev–Trinajstić information content (AvgIpc) is 2.98. The smallest absolute Gasteiger partial charge is 0.263 e. The summed E-state index contributed by atoms with van der Waals surface area (Å²) >= 11 is 0. The lowest BCUT2D eigenvalue weighted by Gasteiger charge is -2.31. The molecule has 5 rings (SSSR count). The molecular formula is C30H37N7O5S. The Morgan fingerprint density at radius 2 is 1.70 bits per heavy atom. The molecule has 0 bridgehead atoms. The highest BCUT2D eigenvalue weighted by molar-refractivity contribution is 7.92. The van der Waals surface area contributed by atoms with Gasteiger partial charge in [0.1, 0.15) is 5.76 Å². The number of benzene rings is 2. The molecule has 1 saturated heterocycles. The Balaban J connectivity index is 1.39. The Labute approximate surface area is 251 Å². The number of allylic oxidation sites excluding steroid dienone is 1. The van der Waals surface area contributed by atoms with E-state index in [1.54, 1.807) is 44.6 Å². The van der Waals surface area contributed by atoms with Crippen LogP contribution in [0.15, 0.2) is 77.0 Å². The van der Waals surface area contributed by atoms with Gasteiger partial charge in [0.2, 0.25) is 5.91 Å². The minimum absolute atomic E-state index is 0.0150. The predicted molar refractivity (Wildman–Crippen MR) is 166 cm³/mol. The van der Waals surface area contributed by atoms with Gasteiger partial charge in [0, 0.05) is 51.1 Å². The van der Waals surface area contributed by atoms with Gasteiger partial charge >= 0.3 is 0 Å². The van der Waals surface area contributed by atoms with E-state index in [9.17, 15) is 13.2 Å². The SMILES string of the molecule is COC1=CC(Nc2nc3ccccc3nc2NS(=O)(=O)c2cccc(NC(=O)CN3CCN(C)CC3)c2)=CC(C)(OC)C1. The van der Waals surface area contributed by atoms with Gasteiger partial charge in [0.05, 0.1) is 35.2 Å². The number of sulfonamides is 1. The third-order valence-corrected chi connectivity index (χ3v) is 8.82. The van der Waals surface area contributed by atoms with Crippen molar-refractivity contribution in [3.8, 4) is 0 Å². The molecule has 1 aromatic heterocycles. The number of carbonyl (C=O) groups is 1. The molecule has 2 aromatic carbocycles. The molecule has 12 nitrogen and oxygen atoms in total. The first-order valence-corrected chi connectivity index (χ1v) is 15.4. The lowest BCUT2D eigenvalue weighted by Crippen LogP contribution is -2.47. The van der Waals surface area contributed by atoms with E-state index in [0.29, 0.717) is 34.6 Å². The number of anilines is 3. The number of para-hydroxylation sites is 2. The van der Waals surface area contributed by atoms with Gasteiger partial charge in [-0.25, -0.2) is 18.4 Å². The molecule has 2 heterocycles. The first kappa shape index (κ1) is 30.4. The van der Waals surface area contributed by atoms with Crippen LogP contribution in [-0.4, -0.2) is 93.7 Å². The van der Waals surface area contributed by atoms with Crippen LogP contribution >= 0.6 is 0 Å². The van der Waals surface area contributed by atoms with Crippen LogP contribution < -0.4 is 15.4 Å². The fraction of sp³-hybridized carbons (Fsp3) is 0.367. The number of nitrogens with zero attached hydrogens (tertiary/aromatic N) is 4. The van der Waals surface area contributed by atoms with Crippen molar-refractivity contribution in [2.24, 2.45) is 0 Å². The van der Waals surface area contributed by atoms with E-state index >= 15 is 0 Å². The van der Waals surface area contributed by atoms with Crippen LogP contribution in [0.2, 0.25) is 0 Å². The second-order valence-electron chi connectivity index (χ2n) is 10.9. The highest BCUT2D eigenvalue weighted by atomic mass is 32.2. The van der Waals surface area contributed by atoms with Crippen LogP contribution in [0.5, 0.6) is 0 Å². The van der Waals surface area contributed by atoms with E-state index in [4.69, 9.17) is 9.47 Å². The zero-order valence-corrected chi connectivity index (χ0v) is 25.6. The molecule has 0 saturated carbocycles. The number of rotatable bonds is 10. The molecule has 1 unspecified atom stereocenters. The summed E-state index contributed by atoms with van der Waals surface area (Å²) in [7, 11) is 1.13. The number of fused-ring (bicyclic) bond motifs is 1. The van der Waals surface area contributed by atoms with Crippen molar-refractivity contribution in [2.45, 2.75) is 23.8 Å². The zero-order valence-electron chi connectivity index (χ0n) is 24.8. The maximum absolute atomic E-state index is 13.6. The van der Waals surface area contributed by atoms with Crippen molar-refractivity contribution in [3.05, 3.63) is 72.1 Å². The molecule has 0 radical (unpaired) electrons. The van der Waals surface area contributed by atoms with Crippen molar-refractivity contribution < 1.29 is 22.7 Å². The fourth-order valence-electron chi connectivity index (χ4n) is 4.96. The maximum atomic E-state index is 13.6. The third-order valence-electron chi connectivity index (χ3n) is 7.49. The lowest BCUT2D eigenvalue weighted by atomic mass is 9.94. The molecule has 2 aliphatic rings. The number of methoxy groups -OCH3 is 2. The van der Waals surface area contributed by atoms with E-state index < -0.39 is 15.6 Å². The molecular weight excluding hydrogens is 570 g/mol. The highest BCUT2D eigenvalue weighted by Gasteiger charge is 2.29. The average molecular weight is 608 g/mol. The summed E-state index contributed by atoms with van der Waals surface area (Å²) in [6.45, 7) is 5.56. The quantitative estimate of drug-likeness (QED) is 0.315. The third kappa shape index (κ3) is 7.49. The second kappa shape index (κ2) is 12.7. The molecule has 3 aromatic rings. The molecule has 1 fully saturated rings. The predicted octanol–water partition coefficient (Wildman–Crippen LogP) is 3.25. The molecule has 228 valence electrons. The summed E-state index contributed by atoms with van der Waals surface area (Å²) < 4.78 is 41.0. The van der Waals surface area contributed by atoms with Crippen molar-refractivity contribution in [1.82, 2.24) is 19.8 Å². The first-order valence-electron chi connectivity index (χ1n) is 14.0. The maximum Gasteiger partial charge on any atom is 0.263 e.